The predicted molar refractivity (Wildman–Crippen MR) is 113 cm³/mol. The molecule has 3 atom stereocenters. The molecule has 3 rings (SSSR count). The van der Waals surface area contributed by atoms with Gasteiger partial charge < -0.3 is 24.1 Å². The SMILES string of the molecule is CCOc1ccc(Cc2cc(C3CC(O)CC(C=O)O3)ccc2C)cc1.COC. The third kappa shape index (κ3) is 6.96. The van der Waals surface area contributed by atoms with E-state index < -0.39 is 12.2 Å². The first-order chi connectivity index (χ1) is 14.0. The maximum atomic E-state index is 11.1. The molecule has 5 heteroatoms. The van der Waals surface area contributed by atoms with Crippen LogP contribution < -0.4 is 4.74 Å². The van der Waals surface area contributed by atoms with Crippen molar-refractivity contribution in [3.8, 4) is 5.75 Å². The van der Waals surface area contributed by atoms with E-state index in [2.05, 4.69) is 35.9 Å². The molecule has 0 bridgehead atoms. The Bertz CT molecular complexity index is 756. The van der Waals surface area contributed by atoms with Crippen LogP contribution in [0.25, 0.3) is 0 Å². The third-order valence-corrected chi connectivity index (χ3v) is 4.86. The molecule has 1 fully saturated rings. The van der Waals surface area contributed by atoms with Gasteiger partial charge >= 0.3 is 0 Å². The number of rotatable bonds is 6. The van der Waals surface area contributed by atoms with Gasteiger partial charge in [0.25, 0.3) is 0 Å². The standard InChI is InChI=1S/C22H26O4.C2H6O/c1-3-25-20-8-5-16(6-9-20)10-18-11-17(7-4-15(18)2)22-13-19(24)12-21(14-23)26-22;1-3-2/h4-9,11,14,19,21-22,24H,3,10,12-13H2,1-2H3;1-2H3. The van der Waals surface area contributed by atoms with Crippen LogP contribution in [-0.2, 0) is 20.7 Å². The second-order valence-corrected chi connectivity index (χ2v) is 7.27. The van der Waals surface area contributed by atoms with Crippen LogP contribution in [0.2, 0.25) is 0 Å². The first-order valence-electron chi connectivity index (χ1n) is 10.0. The molecule has 3 unspecified atom stereocenters. The zero-order chi connectivity index (χ0) is 21.2. The van der Waals surface area contributed by atoms with Gasteiger partial charge in [0.15, 0.2) is 0 Å². The van der Waals surface area contributed by atoms with Gasteiger partial charge in [0.1, 0.15) is 18.1 Å². The molecular weight excluding hydrogens is 368 g/mol. The van der Waals surface area contributed by atoms with E-state index in [4.69, 9.17) is 9.47 Å². The van der Waals surface area contributed by atoms with E-state index in [0.717, 1.165) is 24.0 Å². The molecule has 158 valence electrons. The molecule has 2 aromatic rings. The summed E-state index contributed by atoms with van der Waals surface area (Å²) >= 11 is 0. The highest BCUT2D eigenvalue weighted by Crippen LogP contribution is 2.32. The lowest BCUT2D eigenvalue weighted by molar-refractivity contribution is -0.135. The van der Waals surface area contributed by atoms with Crippen molar-refractivity contribution in [3.05, 3.63) is 64.7 Å². The Morgan fingerprint density at radius 2 is 1.83 bits per heavy atom. The summed E-state index contributed by atoms with van der Waals surface area (Å²) in [6.45, 7) is 4.73. The number of aliphatic hydroxyl groups excluding tert-OH is 1. The summed E-state index contributed by atoms with van der Waals surface area (Å²) in [6, 6.07) is 14.4. The van der Waals surface area contributed by atoms with Crippen LogP contribution in [0, 0.1) is 6.92 Å². The highest BCUT2D eigenvalue weighted by molar-refractivity contribution is 5.56. The fourth-order valence-electron chi connectivity index (χ4n) is 3.41. The summed E-state index contributed by atoms with van der Waals surface area (Å²) in [6.07, 6.45) is 1.23. The number of aliphatic hydroxyl groups is 1. The molecule has 5 nitrogen and oxygen atoms in total. The van der Waals surface area contributed by atoms with Crippen molar-refractivity contribution in [2.24, 2.45) is 0 Å². The lowest BCUT2D eigenvalue weighted by Gasteiger charge is -2.31. The first-order valence-corrected chi connectivity index (χ1v) is 10.0. The smallest absolute Gasteiger partial charge is 0.148 e. The number of aryl methyl sites for hydroxylation is 1. The molecule has 0 saturated carbocycles. The summed E-state index contributed by atoms with van der Waals surface area (Å²) in [5, 5.41) is 10.0. The molecule has 1 N–H and O–H groups in total. The Morgan fingerprint density at radius 1 is 1.14 bits per heavy atom. The van der Waals surface area contributed by atoms with Gasteiger partial charge in [-0.25, -0.2) is 0 Å². The van der Waals surface area contributed by atoms with E-state index in [9.17, 15) is 9.90 Å². The van der Waals surface area contributed by atoms with Gasteiger partial charge in [-0.2, -0.15) is 0 Å². The summed E-state index contributed by atoms with van der Waals surface area (Å²) in [5.41, 5.74) is 4.66. The van der Waals surface area contributed by atoms with Crippen LogP contribution in [0.15, 0.2) is 42.5 Å². The minimum Gasteiger partial charge on any atom is -0.494 e. The van der Waals surface area contributed by atoms with Crippen molar-refractivity contribution in [2.45, 2.75) is 51.4 Å². The monoisotopic (exact) mass is 400 g/mol. The van der Waals surface area contributed by atoms with Gasteiger partial charge in [0.05, 0.1) is 18.8 Å². The second-order valence-electron chi connectivity index (χ2n) is 7.27. The summed E-state index contributed by atoms with van der Waals surface area (Å²) in [5.74, 6) is 0.881. The molecule has 1 saturated heterocycles. The van der Waals surface area contributed by atoms with E-state index in [1.807, 2.05) is 25.1 Å². The van der Waals surface area contributed by atoms with E-state index >= 15 is 0 Å². The molecule has 0 aromatic heterocycles. The highest BCUT2D eigenvalue weighted by Gasteiger charge is 2.29. The molecule has 29 heavy (non-hydrogen) atoms. The largest absolute Gasteiger partial charge is 0.494 e. The fraction of sp³-hybridized carbons (Fsp3) is 0.458. The van der Waals surface area contributed by atoms with Gasteiger partial charge in [0.2, 0.25) is 0 Å². The Morgan fingerprint density at radius 3 is 2.45 bits per heavy atom. The predicted octanol–water partition coefficient (Wildman–Crippen LogP) is 4.03. The number of hydrogen-bond donors (Lipinski definition) is 1. The minimum atomic E-state index is -0.528. The molecule has 0 spiro atoms. The third-order valence-electron chi connectivity index (χ3n) is 4.86. The van der Waals surface area contributed by atoms with Crippen LogP contribution in [-0.4, -0.2) is 44.4 Å². The Kier molecular flexibility index (Phi) is 9.32. The number of carbonyl (C=O) groups is 1. The summed E-state index contributed by atoms with van der Waals surface area (Å²) in [7, 11) is 3.25. The van der Waals surface area contributed by atoms with Crippen LogP contribution >= 0.6 is 0 Å². The highest BCUT2D eigenvalue weighted by atomic mass is 16.5. The number of ether oxygens (including phenoxy) is 3. The van der Waals surface area contributed by atoms with Crippen molar-refractivity contribution in [1.82, 2.24) is 0 Å². The van der Waals surface area contributed by atoms with E-state index in [-0.39, 0.29) is 6.10 Å². The van der Waals surface area contributed by atoms with Crippen LogP contribution in [0.1, 0.15) is 48.1 Å². The second kappa shape index (κ2) is 11.7. The van der Waals surface area contributed by atoms with Crippen LogP contribution in [0.5, 0.6) is 5.75 Å². The Labute approximate surface area is 173 Å². The van der Waals surface area contributed by atoms with Crippen LogP contribution in [0.4, 0.5) is 0 Å². The molecule has 0 aliphatic carbocycles. The maximum absolute atomic E-state index is 11.1. The van der Waals surface area contributed by atoms with Gasteiger partial charge in [-0.1, -0.05) is 30.3 Å². The zero-order valence-electron chi connectivity index (χ0n) is 17.8. The van der Waals surface area contributed by atoms with Crippen molar-refractivity contribution in [2.75, 3.05) is 20.8 Å². The summed E-state index contributed by atoms with van der Waals surface area (Å²) < 4.78 is 15.6. The average Bonchev–Trinajstić information content (AvgIpc) is 2.71. The zero-order valence-corrected chi connectivity index (χ0v) is 17.8. The van der Waals surface area contributed by atoms with Crippen molar-refractivity contribution >= 4 is 6.29 Å². The van der Waals surface area contributed by atoms with Gasteiger partial charge in [-0.15, -0.1) is 0 Å². The number of aldehydes is 1. The number of hydrogen-bond acceptors (Lipinski definition) is 5. The number of benzene rings is 2. The number of methoxy groups -OCH3 is 1. The molecular formula is C24H32O5. The maximum Gasteiger partial charge on any atom is 0.148 e. The normalized spacial score (nSPS) is 21.1. The average molecular weight is 401 g/mol. The van der Waals surface area contributed by atoms with Crippen molar-refractivity contribution < 1.29 is 24.1 Å². The first kappa shape index (κ1) is 23.1. The number of carbonyl (C=O) groups excluding carboxylic acids is 1. The quantitative estimate of drug-likeness (QED) is 0.742. The van der Waals surface area contributed by atoms with Gasteiger partial charge in [0, 0.05) is 27.1 Å². The van der Waals surface area contributed by atoms with Crippen molar-refractivity contribution in [3.63, 3.8) is 0 Å². The topological polar surface area (TPSA) is 65.0 Å². The van der Waals surface area contributed by atoms with E-state index in [1.165, 1.54) is 16.7 Å². The molecule has 1 aliphatic rings. The minimum absolute atomic E-state index is 0.242. The van der Waals surface area contributed by atoms with Crippen LogP contribution in [0.3, 0.4) is 0 Å². The molecule has 2 aromatic carbocycles. The van der Waals surface area contributed by atoms with Gasteiger partial charge in [-0.05, 0) is 54.7 Å². The lowest BCUT2D eigenvalue weighted by atomic mass is 9.92. The molecule has 0 amide bonds. The molecule has 0 radical (unpaired) electrons. The molecule has 1 heterocycles. The Balaban J connectivity index is 0.000000941. The fourth-order valence-corrected chi connectivity index (χ4v) is 3.41. The Hall–Kier alpha value is -2.21. The molecule has 1 aliphatic heterocycles. The van der Waals surface area contributed by atoms with E-state index in [1.54, 1.807) is 14.2 Å². The van der Waals surface area contributed by atoms with Crippen molar-refractivity contribution in [1.29, 1.82) is 0 Å². The van der Waals surface area contributed by atoms with Gasteiger partial charge in [-0.3, -0.25) is 0 Å². The van der Waals surface area contributed by atoms with E-state index in [0.29, 0.717) is 19.4 Å². The summed E-state index contributed by atoms with van der Waals surface area (Å²) in [4.78, 5) is 11.1. The lowest BCUT2D eigenvalue weighted by Crippen LogP contribution is -2.32.